The van der Waals surface area contributed by atoms with Crippen LogP contribution in [0.1, 0.15) is 26.3 Å². The zero-order valence-electron chi connectivity index (χ0n) is 11.9. The smallest absolute Gasteiger partial charge is 0.153 e. The van der Waals surface area contributed by atoms with Crippen molar-refractivity contribution in [3.8, 4) is 0 Å². The SMILES string of the molecule is C=C/C(OCc1ccccc1)=C(C=O)\C=C/C.CC. The highest BCUT2D eigenvalue weighted by molar-refractivity contribution is 5.79. The van der Waals surface area contributed by atoms with Crippen LogP contribution in [0.5, 0.6) is 0 Å². The maximum absolute atomic E-state index is 10.9. The lowest BCUT2D eigenvalue weighted by Gasteiger charge is -2.08. The van der Waals surface area contributed by atoms with Gasteiger partial charge in [-0.15, -0.1) is 0 Å². The molecule has 0 fully saturated rings. The van der Waals surface area contributed by atoms with E-state index >= 15 is 0 Å². The Hall–Kier alpha value is -2.09. The van der Waals surface area contributed by atoms with Crippen molar-refractivity contribution in [3.05, 3.63) is 72.0 Å². The number of benzene rings is 1. The Balaban J connectivity index is 0.00000154. The largest absolute Gasteiger partial charge is 0.488 e. The fourth-order valence-electron chi connectivity index (χ4n) is 1.35. The average Bonchev–Trinajstić information content (AvgIpc) is 2.49. The van der Waals surface area contributed by atoms with Gasteiger partial charge in [0.1, 0.15) is 12.4 Å². The highest BCUT2D eigenvalue weighted by atomic mass is 16.5. The fraction of sp³-hybridized carbons (Fsp3) is 0.235. The molecule has 2 heteroatoms. The second-order valence-electron chi connectivity index (χ2n) is 3.42. The number of hydrogen-bond acceptors (Lipinski definition) is 2. The van der Waals surface area contributed by atoms with E-state index in [1.807, 2.05) is 51.1 Å². The van der Waals surface area contributed by atoms with Gasteiger partial charge in [-0.3, -0.25) is 4.79 Å². The van der Waals surface area contributed by atoms with Crippen LogP contribution in [0.3, 0.4) is 0 Å². The molecule has 0 N–H and O–H groups in total. The van der Waals surface area contributed by atoms with Crippen LogP contribution >= 0.6 is 0 Å². The second kappa shape index (κ2) is 11.0. The topological polar surface area (TPSA) is 26.3 Å². The molecule has 0 aliphatic rings. The summed E-state index contributed by atoms with van der Waals surface area (Å²) in [5.41, 5.74) is 1.55. The summed E-state index contributed by atoms with van der Waals surface area (Å²) < 4.78 is 5.56. The molecule has 0 aromatic heterocycles. The van der Waals surface area contributed by atoms with Crippen molar-refractivity contribution in [1.82, 2.24) is 0 Å². The average molecular weight is 258 g/mol. The summed E-state index contributed by atoms with van der Waals surface area (Å²) in [5.74, 6) is 0.502. The van der Waals surface area contributed by atoms with E-state index < -0.39 is 0 Å². The number of carbonyl (C=O) groups is 1. The Morgan fingerprint density at radius 1 is 1.26 bits per heavy atom. The molecule has 2 nitrogen and oxygen atoms in total. The van der Waals surface area contributed by atoms with E-state index in [4.69, 9.17) is 4.74 Å². The first-order chi connectivity index (χ1) is 9.31. The molecule has 0 spiro atoms. The van der Waals surface area contributed by atoms with Crippen LogP contribution < -0.4 is 0 Å². The van der Waals surface area contributed by atoms with E-state index in [9.17, 15) is 4.79 Å². The molecule has 0 saturated carbocycles. The summed E-state index contributed by atoms with van der Waals surface area (Å²) in [5, 5.41) is 0. The zero-order valence-corrected chi connectivity index (χ0v) is 11.9. The Morgan fingerprint density at radius 3 is 2.37 bits per heavy atom. The lowest BCUT2D eigenvalue weighted by molar-refractivity contribution is -0.104. The molecular formula is C17H22O2. The molecule has 0 bridgehead atoms. The summed E-state index contributed by atoms with van der Waals surface area (Å²) in [7, 11) is 0. The van der Waals surface area contributed by atoms with Gasteiger partial charge in [0.05, 0.1) is 5.57 Å². The van der Waals surface area contributed by atoms with Crippen molar-refractivity contribution in [3.63, 3.8) is 0 Å². The Labute approximate surface area is 116 Å². The Bertz CT molecular complexity index is 428. The summed E-state index contributed by atoms with van der Waals surface area (Å²) in [6.07, 6.45) is 5.81. The van der Waals surface area contributed by atoms with Crippen LogP contribution in [0, 0.1) is 0 Å². The Morgan fingerprint density at radius 2 is 1.89 bits per heavy atom. The molecule has 0 radical (unpaired) electrons. The minimum Gasteiger partial charge on any atom is -0.488 e. The molecule has 102 valence electrons. The predicted octanol–water partition coefficient (Wildman–Crippen LogP) is 4.44. The van der Waals surface area contributed by atoms with Crippen LogP contribution in [0.15, 0.2) is 66.5 Å². The van der Waals surface area contributed by atoms with E-state index in [1.165, 1.54) is 0 Å². The third kappa shape index (κ3) is 6.41. The van der Waals surface area contributed by atoms with Crippen molar-refractivity contribution in [2.24, 2.45) is 0 Å². The number of hydrogen-bond donors (Lipinski definition) is 0. The first kappa shape index (κ1) is 16.9. The molecule has 19 heavy (non-hydrogen) atoms. The van der Waals surface area contributed by atoms with E-state index in [1.54, 1.807) is 18.2 Å². The van der Waals surface area contributed by atoms with Gasteiger partial charge >= 0.3 is 0 Å². The molecule has 1 aromatic carbocycles. The minimum atomic E-state index is 0.428. The van der Waals surface area contributed by atoms with Crippen molar-refractivity contribution in [1.29, 1.82) is 0 Å². The van der Waals surface area contributed by atoms with Gasteiger partial charge in [-0.25, -0.2) is 0 Å². The number of aldehydes is 1. The van der Waals surface area contributed by atoms with Crippen molar-refractivity contribution >= 4 is 6.29 Å². The van der Waals surface area contributed by atoms with Crippen LogP contribution in [0.2, 0.25) is 0 Å². The number of carbonyl (C=O) groups excluding carboxylic acids is 1. The van der Waals surface area contributed by atoms with Crippen LogP contribution in [0.25, 0.3) is 0 Å². The molecule has 0 aliphatic heterocycles. The third-order valence-electron chi connectivity index (χ3n) is 2.18. The summed E-state index contributed by atoms with van der Waals surface area (Å²) >= 11 is 0. The quantitative estimate of drug-likeness (QED) is 0.326. The van der Waals surface area contributed by atoms with Gasteiger partial charge in [0, 0.05) is 0 Å². The molecule has 1 rings (SSSR count). The van der Waals surface area contributed by atoms with Crippen molar-refractivity contribution < 1.29 is 9.53 Å². The molecule has 0 amide bonds. The van der Waals surface area contributed by atoms with Gasteiger partial charge in [-0.2, -0.15) is 0 Å². The van der Waals surface area contributed by atoms with Gasteiger partial charge in [0.25, 0.3) is 0 Å². The molecule has 0 atom stereocenters. The maximum Gasteiger partial charge on any atom is 0.153 e. The lowest BCUT2D eigenvalue weighted by atomic mass is 10.2. The van der Waals surface area contributed by atoms with Crippen LogP contribution in [-0.2, 0) is 16.1 Å². The summed E-state index contributed by atoms with van der Waals surface area (Å²) in [6, 6.07) is 9.78. The summed E-state index contributed by atoms with van der Waals surface area (Å²) in [6.45, 7) is 9.93. The monoisotopic (exact) mass is 258 g/mol. The summed E-state index contributed by atoms with van der Waals surface area (Å²) in [4.78, 5) is 10.9. The van der Waals surface area contributed by atoms with Gasteiger partial charge in [-0.1, -0.05) is 62.9 Å². The van der Waals surface area contributed by atoms with Crippen LogP contribution in [0.4, 0.5) is 0 Å². The van der Waals surface area contributed by atoms with Crippen LogP contribution in [-0.4, -0.2) is 6.29 Å². The van der Waals surface area contributed by atoms with Crippen molar-refractivity contribution in [2.75, 3.05) is 0 Å². The fourth-order valence-corrected chi connectivity index (χ4v) is 1.35. The van der Waals surface area contributed by atoms with E-state index in [0.29, 0.717) is 17.9 Å². The second-order valence-corrected chi connectivity index (χ2v) is 3.42. The highest BCUT2D eigenvalue weighted by Crippen LogP contribution is 2.11. The van der Waals surface area contributed by atoms with E-state index in [-0.39, 0.29) is 0 Å². The molecule has 0 heterocycles. The third-order valence-corrected chi connectivity index (χ3v) is 2.18. The van der Waals surface area contributed by atoms with Gasteiger partial charge in [0.15, 0.2) is 6.29 Å². The minimum absolute atomic E-state index is 0.428. The number of allylic oxidation sites excluding steroid dienone is 4. The highest BCUT2D eigenvalue weighted by Gasteiger charge is 2.01. The van der Waals surface area contributed by atoms with Gasteiger partial charge in [-0.05, 0) is 18.6 Å². The lowest BCUT2D eigenvalue weighted by Crippen LogP contribution is -1.96. The molecule has 0 aliphatic carbocycles. The van der Waals surface area contributed by atoms with E-state index in [2.05, 4.69) is 6.58 Å². The van der Waals surface area contributed by atoms with E-state index in [0.717, 1.165) is 11.8 Å². The van der Waals surface area contributed by atoms with Crippen molar-refractivity contribution in [2.45, 2.75) is 27.4 Å². The van der Waals surface area contributed by atoms with Gasteiger partial charge < -0.3 is 4.74 Å². The maximum atomic E-state index is 10.9. The normalized spacial score (nSPS) is 11.1. The number of ether oxygens (including phenoxy) is 1. The predicted molar refractivity (Wildman–Crippen MR) is 80.7 cm³/mol. The van der Waals surface area contributed by atoms with Gasteiger partial charge in [0.2, 0.25) is 0 Å². The zero-order chi connectivity index (χ0) is 14.5. The molecule has 0 unspecified atom stereocenters. The molecular weight excluding hydrogens is 236 g/mol. The molecule has 0 saturated heterocycles. The molecule has 1 aromatic rings. The standard InChI is InChI=1S/C15H16O2.C2H6/c1-3-8-14(11-16)15(4-2)17-12-13-9-6-5-7-10-13;1-2/h3-11H,2,12H2,1H3;1-2H3/b8-3-,15-14-;. The first-order valence-electron chi connectivity index (χ1n) is 6.43. The number of rotatable bonds is 6. The Kier molecular flexibility index (Phi) is 9.81. The first-order valence-corrected chi connectivity index (χ1v) is 6.43.